The van der Waals surface area contributed by atoms with Crippen molar-refractivity contribution in [2.24, 2.45) is 46.3 Å². The van der Waals surface area contributed by atoms with Crippen LogP contribution in [0.2, 0.25) is 0 Å². The summed E-state index contributed by atoms with van der Waals surface area (Å²) in [5.74, 6) is 1.60. The van der Waals surface area contributed by atoms with Crippen LogP contribution in [0, 0.1) is 46.3 Å². The van der Waals surface area contributed by atoms with Gasteiger partial charge in [0.15, 0.2) is 0 Å². The highest BCUT2D eigenvalue weighted by molar-refractivity contribution is 5.81. The molecule has 0 aromatic rings. The molecule has 4 saturated carbocycles. The van der Waals surface area contributed by atoms with Crippen LogP contribution in [-0.4, -0.2) is 51.5 Å². The second kappa shape index (κ2) is 9.72. The number of fused-ring (bicyclic) bond motifs is 5. The zero-order valence-electron chi connectivity index (χ0n) is 22.5. The number of Topliss-reactive ketones (excluding diaryl/α,β-unsaturated/α-hetero) is 1. The van der Waals surface area contributed by atoms with Gasteiger partial charge in [-0.2, -0.15) is 0 Å². The second-order valence-electron chi connectivity index (χ2n) is 13.3. The number of carbonyl (C=O) groups is 2. The van der Waals surface area contributed by atoms with Crippen LogP contribution >= 0.6 is 0 Å². The van der Waals surface area contributed by atoms with E-state index in [4.69, 9.17) is 4.74 Å². The average Bonchev–Trinajstić information content (AvgIpc) is 3.14. The molecule has 0 bridgehead atoms. The summed E-state index contributed by atoms with van der Waals surface area (Å²) in [6, 6.07) is 0. The summed E-state index contributed by atoms with van der Waals surface area (Å²) in [7, 11) is 0. The van der Waals surface area contributed by atoms with Gasteiger partial charge in [0.1, 0.15) is 17.5 Å². The van der Waals surface area contributed by atoms with Crippen molar-refractivity contribution in [3.8, 4) is 0 Å². The molecule has 35 heavy (non-hydrogen) atoms. The van der Waals surface area contributed by atoms with Gasteiger partial charge in [-0.15, -0.1) is 0 Å². The SMILES string of the molecule is CC(=O)O[C@@H]1C[C@H]2[C@@H]3CC[C@H]([C@H](C)C(=O)CCC(C)C)[C@@]3(C)CC[C@@H]2[C@@]2(CO)CC[C@@H](O)C[C@]12O. The zero-order chi connectivity index (χ0) is 25.8. The number of esters is 1. The van der Waals surface area contributed by atoms with Gasteiger partial charge in [-0.25, -0.2) is 0 Å². The Morgan fingerprint density at radius 1 is 1.06 bits per heavy atom. The molecule has 0 heterocycles. The number of hydrogen-bond acceptors (Lipinski definition) is 6. The van der Waals surface area contributed by atoms with Gasteiger partial charge in [-0.3, -0.25) is 9.59 Å². The molecule has 6 nitrogen and oxygen atoms in total. The lowest BCUT2D eigenvalue weighted by molar-refractivity contribution is -0.284. The predicted octanol–water partition coefficient (Wildman–Crippen LogP) is 4.28. The summed E-state index contributed by atoms with van der Waals surface area (Å²) in [4.78, 5) is 25.2. The Kier molecular flexibility index (Phi) is 7.52. The lowest BCUT2D eigenvalue weighted by Crippen LogP contribution is -2.71. The van der Waals surface area contributed by atoms with E-state index in [0.717, 1.165) is 32.1 Å². The van der Waals surface area contributed by atoms with Crippen LogP contribution in [0.5, 0.6) is 0 Å². The summed E-state index contributed by atoms with van der Waals surface area (Å²) in [6.07, 6.45) is 5.96. The number of rotatable bonds is 7. The molecule has 0 amide bonds. The molecule has 4 fully saturated rings. The standard InChI is InChI=1S/C29H48O6/c1-17(2)6-9-25(33)18(3)22-7-8-23-21-14-26(35-19(4)31)29(34)15-20(32)10-13-28(29,16-30)24(21)11-12-27(22,23)5/h17-18,20-24,26,30,32,34H,6-16H2,1-5H3/t18-,20+,21-,22+,23-,24-,26+,27+,28-,29-/m0/s1. The Bertz CT molecular complexity index is 811. The molecule has 4 aliphatic rings. The van der Waals surface area contributed by atoms with Crippen LogP contribution in [0.1, 0.15) is 98.8 Å². The molecule has 3 N–H and O–H groups in total. The maximum atomic E-state index is 13.1. The van der Waals surface area contributed by atoms with E-state index in [-0.39, 0.29) is 36.2 Å². The molecule has 0 aliphatic heterocycles. The number of ketones is 1. The first kappa shape index (κ1) is 27.1. The largest absolute Gasteiger partial charge is 0.459 e. The van der Waals surface area contributed by atoms with Crippen molar-refractivity contribution in [2.45, 2.75) is 117 Å². The van der Waals surface area contributed by atoms with Gasteiger partial charge < -0.3 is 20.1 Å². The molecule has 0 radical (unpaired) electrons. The third kappa shape index (κ3) is 4.29. The van der Waals surface area contributed by atoms with E-state index >= 15 is 0 Å². The summed E-state index contributed by atoms with van der Waals surface area (Å²) in [5, 5.41) is 33.3. The minimum atomic E-state index is -1.42. The van der Waals surface area contributed by atoms with E-state index in [0.29, 0.717) is 49.2 Å². The molecule has 10 atom stereocenters. The lowest BCUT2D eigenvalue weighted by Gasteiger charge is -2.66. The van der Waals surface area contributed by atoms with Gasteiger partial charge in [0.05, 0.1) is 12.7 Å². The van der Waals surface area contributed by atoms with Crippen LogP contribution < -0.4 is 0 Å². The summed E-state index contributed by atoms with van der Waals surface area (Å²) >= 11 is 0. The number of aliphatic hydroxyl groups excluding tert-OH is 2. The third-order valence-electron chi connectivity index (χ3n) is 11.2. The van der Waals surface area contributed by atoms with Crippen LogP contribution in [0.4, 0.5) is 0 Å². The summed E-state index contributed by atoms with van der Waals surface area (Å²) in [5.41, 5.74) is -2.15. The number of aliphatic hydroxyl groups is 3. The highest BCUT2D eigenvalue weighted by Gasteiger charge is 2.70. The predicted molar refractivity (Wildman–Crippen MR) is 133 cm³/mol. The molecule has 0 unspecified atom stereocenters. The minimum Gasteiger partial charge on any atom is -0.459 e. The normalized spacial score (nSPS) is 45.9. The minimum absolute atomic E-state index is 0.0368. The van der Waals surface area contributed by atoms with Crippen molar-refractivity contribution in [3.63, 3.8) is 0 Å². The van der Waals surface area contributed by atoms with Crippen LogP contribution in [0.25, 0.3) is 0 Å². The van der Waals surface area contributed by atoms with Crippen molar-refractivity contribution < 1.29 is 29.6 Å². The highest BCUT2D eigenvalue weighted by Crippen LogP contribution is 2.69. The van der Waals surface area contributed by atoms with E-state index < -0.39 is 29.2 Å². The van der Waals surface area contributed by atoms with Gasteiger partial charge >= 0.3 is 5.97 Å². The molecule has 0 saturated heterocycles. The van der Waals surface area contributed by atoms with E-state index in [1.807, 2.05) is 0 Å². The molecule has 6 heteroatoms. The topological polar surface area (TPSA) is 104 Å². The second-order valence-corrected chi connectivity index (χ2v) is 13.3. The fourth-order valence-corrected chi connectivity index (χ4v) is 9.43. The first-order chi connectivity index (χ1) is 16.4. The van der Waals surface area contributed by atoms with Gasteiger partial charge in [-0.1, -0.05) is 27.7 Å². The number of ether oxygens (including phenoxy) is 1. The third-order valence-corrected chi connectivity index (χ3v) is 11.2. The highest BCUT2D eigenvalue weighted by atomic mass is 16.6. The maximum absolute atomic E-state index is 13.1. The quantitative estimate of drug-likeness (QED) is 0.459. The maximum Gasteiger partial charge on any atom is 0.303 e. The molecule has 0 aromatic carbocycles. The van der Waals surface area contributed by atoms with Crippen LogP contribution in [0.15, 0.2) is 0 Å². The van der Waals surface area contributed by atoms with Gasteiger partial charge in [0, 0.05) is 31.1 Å². The molecule has 4 aliphatic carbocycles. The molecule has 4 rings (SSSR count). The Balaban J connectivity index is 1.64. The molecule has 0 aromatic heterocycles. The van der Waals surface area contributed by atoms with E-state index in [2.05, 4.69) is 27.7 Å². The smallest absolute Gasteiger partial charge is 0.303 e. The number of hydrogen-bond donors (Lipinski definition) is 3. The van der Waals surface area contributed by atoms with Crippen molar-refractivity contribution in [2.75, 3.05) is 6.61 Å². The van der Waals surface area contributed by atoms with Gasteiger partial charge in [0.2, 0.25) is 0 Å². The van der Waals surface area contributed by atoms with Crippen molar-refractivity contribution >= 4 is 11.8 Å². The molecular formula is C29H48O6. The zero-order valence-corrected chi connectivity index (χ0v) is 22.5. The van der Waals surface area contributed by atoms with E-state index in [9.17, 15) is 24.9 Å². The van der Waals surface area contributed by atoms with Gasteiger partial charge in [0.25, 0.3) is 0 Å². The molecular weight excluding hydrogens is 444 g/mol. The van der Waals surface area contributed by atoms with E-state index in [1.165, 1.54) is 6.92 Å². The fraction of sp³-hybridized carbons (Fsp3) is 0.931. The summed E-state index contributed by atoms with van der Waals surface area (Å²) < 4.78 is 5.77. The first-order valence-electron chi connectivity index (χ1n) is 14.1. The van der Waals surface area contributed by atoms with Crippen LogP contribution in [0.3, 0.4) is 0 Å². The Hall–Kier alpha value is -0.980. The Morgan fingerprint density at radius 2 is 1.77 bits per heavy atom. The fourth-order valence-electron chi connectivity index (χ4n) is 9.43. The van der Waals surface area contributed by atoms with Crippen molar-refractivity contribution in [1.29, 1.82) is 0 Å². The van der Waals surface area contributed by atoms with Crippen LogP contribution in [-0.2, 0) is 14.3 Å². The van der Waals surface area contributed by atoms with Gasteiger partial charge in [-0.05, 0) is 86.4 Å². The van der Waals surface area contributed by atoms with Crippen molar-refractivity contribution in [1.82, 2.24) is 0 Å². The summed E-state index contributed by atoms with van der Waals surface area (Å²) in [6.45, 7) is 10.0. The Labute approximate surface area is 211 Å². The average molecular weight is 493 g/mol. The monoisotopic (exact) mass is 492 g/mol. The lowest BCUT2D eigenvalue weighted by atomic mass is 9.42. The first-order valence-corrected chi connectivity index (χ1v) is 14.1. The molecule has 200 valence electrons. The van der Waals surface area contributed by atoms with E-state index in [1.54, 1.807) is 0 Å². The molecule has 0 spiro atoms. The Morgan fingerprint density at radius 3 is 2.40 bits per heavy atom. The number of carbonyl (C=O) groups excluding carboxylic acids is 2. The van der Waals surface area contributed by atoms with Crippen molar-refractivity contribution in [3.05, 3.63) is 0 Å².